The van der Waals surface area contributed by atoms with Gasteiger partial charge in [0.15, 0.2) is 5.69 Å². The summed E-state index contributed by atoms with van der Waals surface area (Å²) in [5, 5.41) is 7.51. The van der Waals surface area contributed by atoms with Gasteiger partial charge in [0.1, 0.15) is 5.82 Å². The van der Waals surface area contributed by atoms with E-state index in [0.717, 1.165) is 41.8 Å². The quantitative estimate of drug-likeness (QED) is 0.780. The van der Waals surface area contributed by atoms with E-state index in [1.165, 1.54) is 6.07 Å². The lowest BCUT2D eigenvalue weighted by atomic mass is 10.1. The van der Waals surface area contributed by atoms with Gasteiger partial charge < -0.3 is 5.32 Å². The number of para-hydroxylation sites is 1. The normalized spacial score (nSPS) is 12.8. The molecule has 1 amide bonds. The Hall–Kier alpha value is -2.95. The molecule has 0 radical (unpaired) electrons. The molecule has 1 aliphatic rings. The van der Waals surface area contributed by atoms with Crippen molar-refractivity contribution in [2.45, 2.75) is 32.7 Å². The first-order valence-corrected chi connectivity index (χ1v) is 8.83. The van der Waals surface area contributed by atoms with Gasteiger partial charge in [-0.05, 0) is 55.5 Å². The Morgan fingerprint density at radius 3 is 2.77 bits per heavy atom. The van der Waals surface area contributed by atoms with Crippen LogP contribution in [-0.2, 0) is 19.4 Å². The van der Waals surface area contributed by atoms with Crippen molar-refractivity contribution in [1.82, 2.24) is 15.1 Å². The molecule has 3 aromatic rings. The number of aromatic nitrogens is 2. The molecule has 0 bridgehead atoms. The number of aryl methyl sites for hydroxylation is 1. The zero-order valence-electron chi connectivity index (χ0n) is 14.6. The van der Waals surface area contributed by atoms with Gasteiger partial charge in [-0.25, -0.2) is 9.07 Å². The van der Waals surface area contributed by atoms with E-state index >= 15 is 0 Å². The molecule has 1 aromatic heterocycles. The van der Waals surface area contributed by atoms with E-state index in [4.69, 9.17) is 0 Å². The van der Waals surface area contributed by atoms with Crippen LogP contribution in [-0.4, -0.2) is 15.7 Å². The van der Waals surface area contributed by atoms with Gasteiger partial charge in [0.25, 0.3) is 5.91 Å². The van der Waals surface area contributed by atoms with Crippen LogP contribution < -0.4 is 5.32 Å². The van der Waals surface area contributed by atoms with Gasteiger partial charge >= 0.3 is 0 Å². The van der Waals surface area contributed by atoms with Crippen molar-refractivity contribution in [2.24, 2.45) is 0 Å². The Kier molecular flexibility index (Phi) is 4.29. The minimum atomic E-state index is -0.237. The molecule has 0 saturated heterocycles. The predicted molar refractivity (Wildman–Crippen MR) is 97.9 cm³/mol. The van der Waals surface area contributed by atoms with Gasteiger partial charge in [-0.1, -0.05) is 30.3 Å². The maximum absolute atomic E-state index is 13.4. The molecule has 1 aliphatic carbocycles. The predicted octanol–water partition coefficient (Wildman–Crippen LogP) is 3.74. The largest absolute Gasteiger partial charge is 0.347 e. The number of rotatable bonds is 4. The molecule has 0 spiro atoms. The summed E-state index contributed by atoms with van der Waals surface area (Å²) >= 11 is 0. The maximum atomic E-state index is 13.4. The highest BCUT2D eigenvalue weighted by Crippen LogP contribution is 2.27. The van der Waals surface area contributed by atoms with Crippen molar-refractivity contribution in [2.75, 3.05) is 0 Å². The molecule has 0 saturated carbocycles. The molecular formula is C21H20FN3O. The third-order valence-electron chi connectivity index (χ3n) is 4.82. The van der Waals surface area contributed by atoms with Crippen LogP contribution >= 0.6 is 0 Å². The van der Waals surface area contributed by atoms with E-state index in [1.807, 2.05) is 35.0 Å². The molecule has 1 heterocycles. The number of fused-ring (bicyclic) bond motifs is 1. The van der Waals surface area contributed by atoms with Gasteiger partial charge in [-0.3, -0.25) is 4.79 Å². The second-order valence-corrected chi connectivity index (χ2v) is 6.64. The molecule has 4 nitrogen and oxygen atoms in total. The number of halogens is 1. The van der Waals surface area contributed by atoms with E-state index in [9.17, 15) is 9.18 Å². The number of nitrogens with one attached hydrogen (secondary N) is 1. The van der Waals surface area contributed by atoms with Crippen LogP contribution in [0, 0.1) is 12.7 Å². The third kappa shape index (κ3) is 3.01. The lowest BCUT2D eigenvalue weighted by Crippen LogP contribution is -2.24. The highest BCUT2D eigenvalue weighted by molar-refractivity contribution is 5.94. The summed E-state index contributed by atoms with van der Waals surface area (Å²) in [5.74, 6) is -0.417. The smallest absolute Gasteiger partial charge is 0.272 e. The summed E-state index contributed by atoms with van der Waals surface area (Å²) in [6.45, 7) is 2.07. The summed E-state index contributed by atoms with van der Waals surface area (Å²) in [6, 6.07) is 14.8. The fourth-order valence-corrected chi connectivity index (χ4v) is 3.49. The van der Waals surface area contributed by atoms with E-state index in [0.29, 0.717) is 17.8 Å². The van der Waals surface area contributed by atoms with Crippen molar-refractivity contribution in [3.8, 4) is 5.69 Å². The summed E-state index contributed by atoms with van der Waals surface area (Å²) in [7, 11) is 0. The van der Waals surface area contributed by atoms with E-state index < -0.39 is 0 Å². The summed E-state index contributed by atoms with van der Waals surface area (Å²) in [4.78, 5) is 12.7. The molecule has 2 aromatic carbocycles. The Morgan fingerprint density at radius 2 is 2.00 bits per heavy atom. The first-order chi connectivity index (χ1) is 12.6. The molecule has 0 unspecified atom stereocenters. The van der Waals surface area contributed by atoms with Crippen molar-refractivity contribution in [3.05, 3.63) is 82.4 Å². The number of carbonyl (C=O) groups excluding carboxylic acids is 1. The maximum Gasteiger partial charge on any atom is 0.272 e. The molecule has 0 aliphatic heterocycles. The first-order valence-electron chi connectivity index (χ1n) is 8.83. The highest BCUT2D eigenvalue weighted by Gasteiger charge is 2.26. The third-order valence-corrected chi connectivity index (χ3v) is 4.82. The molecule has 26 heavy (non-hydrogen) atoms. The molecule has 132 valence electrons. The molecule has 4 rings (SSSR count). The van der Waals surface area contributed by atoms with Crippen LogP contribution in [0.15, 0.2) is 48.5 Å². The van der Waals surface area contributed by atoms with Crippen molar-refractivity contribution < 1.29 is 9.18 Å². The Labute approximate surface area is 151 Å². The molecule has 1 N–H and O–H groups in total. The summed E-state index contributed by atoms with van der Waals surface area (Å²) < 4.78 is 15.3. The first kappa shape index (κ1) is 16.5. The summed E-state index contributed by atoms with van der Waals surface area (Å²) in [5.41, 5.74) is 5.09. The average Bonchev–Trinajstić information content (AvgIpc) is 3.26. The van der Waals surface area contributed by atoms with E-state index in [2.05, 4.69) is 10.4 Å². The lowest BCUT2D eigenvalue weighted by molar-refractivity contribution is 0.0944. The van der Waals surface area contributed by atoms with Gasteiger partial charge in [0.2, 0.25) is 0 Å². The SMILES string of the molecule is Cc1cc(CNC(=O)c2nn(-c3ccccc3)c3c2CCC3)ccc1F. The lowest BCUT2D eigenvalue weighted by Gasteiger charge is -2.06. The fourth-order valence-electron chi connectivity index (χ4n) is 3.49. The van der Waals surface area contributed by atoms with Crippen LogP contribution in [0.3, 0.4) is 0 Å². The number of hydrogen-bond donors (Lipinski definition) is 1. The number of amides is 1. The molecule has 0 atom stereocenters. The topological polar surface area (TPSA) is 46.9 Å². The fraction of sp³-hybridized carbons (Fsp3) is 0.238. The summed E-state index contributed by atoms with van der Waals surface area (Å²) in [6.07, 6.45) is 2.85. The average molecular weight is 349 g/mol. The number of hydrogen-bond acceptors (Lipinski definition) is 2. The zero-order valence-corrected chi connectivity index (χ0v) is 14.6. The molecule has 5 heteroatoms. The van der Waals surface area contributed by atoms with Crippen molar-refractivity contribution >= 4 is 5.91 Å². The second-order valence-electron chi connectivity index (χ2n) is 6.64. The van der Waals surface area contributed by atoms with Gasteiger partial charge in [-0.2, -0.15) is 5.10 Å². The number of nitrogens with zero attached hydrogens (tertiary/aromatic N) is 2. The monoisotopic (exact) mass is 349 g/mol. The van der Waals surface area contributed by atoms with Crippen LogP contribution in [0.1, 0.15) is 39.3 Å². The number of carbonyl (C=O) groups is 1. The van der Waals surface area contributed by atoms with Crippen molar-refractivity contribution in [3.63, 3.8) is 0 Å². The Balaban J connectivity index is 1.57. The standard InChI is InChI=1S/C21H20FN3O/c1-14-12-15(10-11-18(14)22)13-23-21(26)20-17-8-5-9-19(17)25(24-20)16-6-3-2-4-7-16/h2-4,6-7,10-12H,5,8-9,13H2,1H3,(H,23,26). The highest BCUT2D eigenvalue weighted by atomic mass is 19.1. The van der Waals surface area contributed by atoms with Gasteiger partial charge in [-0.15, -0.1) is 0 Å². The Morgan fingerprint density at radius 1 is 1.19 bits per heavy atom. The van der Waals surface area contributed by atoms with Crippen molar-refractivity contribution in [1.29, 1.82) is 0 Å². The van der Waals surface area contributed by atoms with E-state index in [1.54, 1.807) is 19.1 Å². The van der Waals surface area contributed by atoms with Crippen LogP contribution in [0.4, 0.5) is 4.39 Å². The van der Waals surface area contributed by atoms with Crippen LogP contribution in [0.25, 0.3) is 5.69 Å². The minimum absolute atomic E-state index is 0.181. The molecular weight excluding hydrogens is 329 g/mol. The van der Waals surface area contributed by atoms with E-state index in [-0.39, 0.29) is 11.7 Å². The van der Waals surface area contributed by atoms with Crippen LogP contribution in [0.5, 0.6) is 0 Å². The second kappa shape index (κ2) is 6.75. The Bertz CT molecular complexity index is 963. The minimum Gasteiger partial charge on any atom is -0.347 e. The number of benzene rings is 2. The van der Waals surface area contributed by atoms with Gasteiger partial charge in [0, 0.05) is 17.8 Å². The zero-order chi connectivity index (χ0) is 18.1. The van der Waals surface area contributed by atoms with Crippen LogP contribution in [0.2, 0.25) is 0 Å². The molecule has 0 fully saturated rings. The van der Waals surface area contributed by atoms with Gasteiger partial charge in [0.05, 0.1) is 5.69 Å².